The molecule has 0 N–H and O–H groups in total. The quantitative estimate of drug-likeness (QED) is 0.146. The summed E-state index contributed by atoms with van der Waals surface area (Å²) < 4.78 is 0. The Kier molecular flexibility index (Phi) is 10.3. The zero-order valence-corrected chi connectivity index (χ0v) is 35.0. The van der Waals surface area contributed by atoms with Crippen molar-refractivity contribution in [1.82, 2.24) is 15.0 Å². The molecular weight excluding hydrogens is 775 g/mol. The van der Waals surface area contributed by atoms with Gasteiger partial charge in [0.2, 0.25) is 0 Å². The lowest BCUT2D eigenvalue weighted by Gasteiger charge is -2.28. The van der Waals surface area contributed by atoms with Crippen molar-refractivity contribution < 1.29 is 0 Å². The first-order valence-electron chi connectivity index (χ1n) is 21.7. The second-order valence-electron chi connectivity index (χ2n) is 15.9. The van der Waals surface area contributed by atoms with Crippen molar-refractivity contribution in [2.24, 2.45) is 0 Å². The van der Waals surface area contributed by atoms with Crippen LogP contribution in [0.4, 0.5) is 0 Å². The van der Waals surface area contributed by atoms with Crippen molar-refractivity contribution in [1.29, 1.82) is 0 Å². The van der Waals surface area contributed by atoms with Gasteiger partial charge in [0.15, 0.2) is 17.5 Å². The fraction of sp³-hybridized carbons (Fsp3) is 0. The lowest BCUT2D eigenvalue weighted by molar-refractivity contribution is 1.08. The van der Waals surface area contributed by atoms with Crippen LogP contribution in [0.3, 0.4) is 0 Å². The van der Waals surface area contributed by atoms with E-state index in [1.165, 1.54) is 27.8 Å². The molecule has 3 nitrogen and oxygen atoms in total. The molecule has 0 aliphatic rings. The van der Waals surface area contributed by atoms with Crippen LogP contribution in [0.25, 0.3) is 112 Å². The summed E-state index contributed by atoms with van der Waals surface area (Å²) >= 11 is 0. The van der Waals surface area contributed by atoms with Gasteiger partial charge in [-0.15, -0.1) is 0 Å². The molecule has 3 heteroatoms. The van der Waals surface area contributed by atoms with Crippen LogP contribution in [-0.4, -0.2) is 15.0 Å². The number of benzene rings is 10. The molecular formula is C61H41N3. The van der Waals surface area contributed by atoms with E-state index in [-0.39, 0.29) is 0 Å². The van der Waals surface area contributed by atoms with Crippen LogP contribution in [0.2, 0.25) is 0 Å². The first-order chi connectivity index (χ1) is 31.8. The molecule has 0 unspecified atom stereocenters. The zero-order valence-electron chi connectivity index (χ0n) is 35.0. The van der Waals surface area contributed by atoms with Gasteiger partial charge in [-0.3, -0.25) is 0 Å². The van der Waals surface area contributed by atoms with Gasteiger partial charge in [0.1, 0.15) is 0 Å². The predicted octanol–water partition coefficient (Wildman–Crippen LogP) is 16.0. The van der Waals surface area contributed by atoms with E-state index in [9.17, 15) is 0 Å². The second-order valence-corrected chi connectivity index (χ2v) is 15.9. The Hall–Kier alpha value is -8.53. The van der Waals surface area contributed by atoms with E-state index in [1.807, 2.05) is 18.2 Å². The third kappa shape index (κ3) is 7.25. The average molecular weight is 816 g/mol. The van der Waals surface area contributed by atoms with Crippen molar-refractivity contribution in [3.8, 4) is 101 Å². The van der Waals surface area contributed by atoms with Crippen molar-refractivity contribution in [3.05, 3.63) is 249 Å². The maximum absolute atomic E-state index is 5.21. The van der Waals surface area contributed by atoms with E-state index in [4.69, 9.17) is 15.0 Å². The Bertz CT molecular complexity index is 3260. The number of hydrogen-bond donors (Lipinski definition) is 0. The molecule has 10 aromatic carbocycles. The normalized spacial score (nSPS) is 11.1. The molecule has 0 amide bonds. The highest BCUT2D eigenvalue weighted by Gasteiger charge is 2.29. The van der Waals surface area contributed by atoms with Crippen LogP contribution in [0.5, 0.6) is 0 Å². The highest BCUT2D eigenvalue weighted by Crippen LogP contribution is 2.55. The van der Waals surface area contributed by atoms with Crippen LogP contribution in [-0.2, 0) is 0 Å². The van der Waals surface area contributed by atoms with Crippen molar-refractivity contribution >= 4 is 10.8 Å². The minimum atomic E-state index is 0.615. The average Bonchev–Trinajstić information content (AvgIpc) is 3.39. The van der Waals surface area contributed by atoms with Gasteiger partial charge in [0.25, 0.3) is 0 Å². The Morgan fingerprint density at radius 1 is 0.188 bits per heavy atom. The van der Waals surface area contributed by atoms with Gasteiger partial charge in [-0.2, -0.15) is 0 Å². The van der Waals surface area contributed by atoms with E-state index in [0.717, 1.165) is 66.4 Å². The third-order valence-electron chi connectivity index (χ3n) is 11.9. The van der Waals surface area contributed by atoms with E-state index < -0.39 is 0 Å². The summed E-state index contributed by atoms with van der Waals surface area (Å²) in [5.74, 6) is 1.88. The Morgan fingerprint density at radius 3 is 0.844 bits per heavy atom. The Labute approximate surface area is 373 Å². The molecule has 0 aliphatic heterocycles. The van der Waals surface area contributed by atoms with Gasteiger partial charge in [-0.25, -0.2) is 15.0 Å². The molecule has 0 saturated heterocycles. The predicted molar refractivity (Wildman–Crippen MR) is 266 cm³/mol. The lowest BCUT2D eigenvalue weighted by Crippen LogP contribution is -2.02. The summed E-state index contributed by atoms with van der Waals surface area (Å²) in [6, 6.07) is 88.1. The molecule has 0 fully saturated rings. The van der Waals surface area contributed by atoms with Gasteiger partial charge in [0, 0.05) is 16.7 Å². The van der Waals surface area contributed by atoms with Gasteiger partial charge in [-0.1, -0.05) is 249 Å². The SMILES string of the molecule is c1ccc(-c2nc(-c3ccc(-c4c(-c5ccccc5)c(-c5ccccc5)c(-c5ccccc5)c(-c5ccccc5)c4-c4ccccc4)cc3)nc(-c3cccc4ccccc34)n2)cc1. The lowest BCUT2D eigenvalue weighted by atomic mass is 9.74. The van der Waals surface area contributed by atoms with Crippen LogP contribution in [0.15, 0.2) is 249 Å². The minimum absolute atomic E-state index is 0.615. The van der Waals surface area contributed by atoms with E-state index in [2.05, 4.69) is 231 Å². The van der Waals surface area contributed by atoms with E-state index in [0.29, 0.717) is 17.5 Å². The van der Waals surface area contributed by atoms with Crippen molar-refractivity contribution in [2.75, 3.05) is 0 Å². The summed E-state index contributed by atoms with van der Waals surface area (Å²) in [6.45, 7) is 0. The van der Waals surface area contributed by atoms with Crippen LogP contribution >= 0.6 is 0 Å². The van der Waals surface area contributed by atoms with Crippen molar-refractivity contribution in [2.45, 2.75) is 0 Å². The fourth-order valence-electron chi connectivity index (χ4n) is 9.05. The summed E-state index contributed by atoms with van der Waals surface area (Å²) in [5.41, 5.74) is 16.7. The van der Waals surface area contributed by atoms with Crippen molar-refractivity contribution in [3.63, 3.8) is 0 Å². The maximum atomic E-state index is 5.21. The number of aromatic nitrogens is 3. The maximum Gasteiger partial charge on any atom is 0.164 e. The molecule has 11 aromatic rings. The number of hydrogen-bond acceptors (Lipinski definition) is 3. The summed E-state index contributed by atoms with van der Waals surface area (Å²) in [6.07, 6.45) is 0. The number of fused-ring (bicyclic) bond motifs is 1. The van der Waals surface area contributed by atoms with E-state index in [1.54, 1.807) is 0 Å². The number of nitrogens with zero attached hydrogens (tertiary/aromatic N) is 3. The molecule has 0 radical (unpaired) electrons. The van der Waals surface area contributed by atoms with Gasteiger partial charge < -0.3 is 0 Å². The monoisotopic (exact) mass is 815 g/mol. The molecule has 0 bridgehead atoms. The third-order valence-corrected chi connectivity index (χ3v) is 11.9. The Morgan fingerprint density at radius 2 is 0.453 bits per heavy atom. The molecule has 64 heavy (non-hydrogen) atoms. The summed E-state index contributed by atoms with van der Waals surface area (Å²) in [4.78, 5) is 15.4. The molecule has 11 rings (SSSR count). The molecule has 0 spiro atoms. The second kappa shape index (κ2) is 17.1. The van der Waals surface area contributed by atoms with Gasteiger partial charge in [-0.05, 0) is 77.5 Å². The molecule has 1 heterocycles. The van der Waals surface area contributed by atoms with Gasteiger partial charge in [0.05, 0.1) is 0 Å². The smallest absolute Gasteiger partial charge is 0.164 e. The molecule has 0 aliphatic carbocycles. The van der Waals surface area contributed by atoms with Crippen LogP contribution < -0.4 is 0 Å². The Balaban J connectivity index is 1.22. The summed E-state index contributed by atoms with van der Waals surface area (Å²) in [7, 11) is 0. The standard InChI is InChI=1S/C61H41N3/c1-7-23-43(24-8-1)53-54(44-25-9-2-10-26-44)56(46-29-13-4-14-30-46)58(57(47-31-15-5-16-32-47)55(53)45-27-11-3-12-28-45)48-38-40-50(41-39-48)60-62-59(49-33-17-6-18-34-49)63-61(64-60)52-37-21-35-42-22-19-20-36-51(42)52/h1-41H. The highest BCUT2D eigenvalue weighted by atomic mass is 15.0. The summed E-state index contributed by atoms with van der Waals surface area (Å²) in [5, 5.41) is 2.24. The number of rotatable bonds is 9. The molecule has 300 valence electrons. The van der Waals surface area contributed by atoms with Crippen LogP contribution in [0.1, 0.15) is 0 Å². The molecule has 0 saturated carbocycles. The topological polar surface area (TPSA) is 38.7 Å². The molecule has 0 atom stereocenters. The fourth-order valence-corrected chi connectivity index (χ4v) is 9.05. The van der Waals surface area contributed by atoms with Gasteiger partial charge >= 0.3 is 0 Å². The zero-order chi connectivity index (χ0) is 42.7. The van der Waals surface area contributed by atoms with Crippen LogP contribution in [0, 0.1) is 0 Å². The largest absolute Gasteiger partial charge is 0.208 e. The molecule has 1 aromatic heterocycles. The first kappa shape index (κ1) is 38.4. The highest BCUT2D eigenvalue weighted by molar-refractivity contribution is 6.15. The first-order valence-corrected chi connectivity index (χ1v) is 21.7. The van der Waals surface area contributed by atoms with E-state index >= 15 is 0 Å². The minimum Gasteiger partial charge on any atom is -0.208 e.